The van der Waals surface area contributed by atoms with Crippen LogP contribution < -0.4 is 0 Å². The average molecular weight is 250 g/mol. The van der Waals surface area contributed by atoms with Gasteiger partial charge in [-0.15, -0.1) is 11.8 Å². The molecular weight excluding hydrogens is 232 g/mol. The summed E-state index contributed by atoms with van der Waals surface area (Å²) in [7, 11) is 1.80. The van der Waals surface area contributed by atoms with Crippen LogP contribution in [0.1, 0.15) is 19.5 Å². The lowest BCUT2D eigenvalue weighted by atomic mass is 10.3. The van der Waals surface area contributed by atoms with Gasteiger partial charge < -0.3 is 4.90 Å². The molecule has 0 N–H and O–H groups in total. The Hall–Kier alpha value is -1.29. The number of thioether (sulfide) groups is 1. The van der Waals surface area contributed by atoms with Crippen molar-refractivity contribution in [1.29, 1.82) is 0 Å². The highest BCUT2D eigenvalue weighted by Gasteiger charge is 2.14. The number of carbonyl (C=O) groups is 1. The fourth-order valence-electron chi connectivity index (χ4n) is 1.42. The zero-order valence-corrected chi connectivity index (χ0v) is 11.3. The molecule has 0 bridgehead atoms. The molecule has 0 aromatic carbocycles. The second-order valence-corrected chi connectivity index (χ2v) is 4.87. The third kappa shape index (κ3) is 4.23. The average Bonchev–Trinajstić information content (AvgIpc) is 2.36. The molecule has 1 aromatic heterocycles. The van der Waals surface area contributed by atoms with Gasteiger partial charge in [0, 0.05) is 13.2 Å². The van der Waals surface area contributed by atoms with Crippen LogP contribution in [0.2, 0.25) is 0 Å². The Balaban J connectivity index is 2.64. The Morgan fingerprint density at radius 3 is 2.82 bits per heavy atom. The molecule has 0 fully saturated rings. The maximum absolute atomic E-state index is 12.1. The van der Waals surface area contributed by atoms with Gasteiger partial charge in [-0.1, -0.05) is 19.1 Å². The van der Waals surface area contributed by atoms with Crippen molar-refractivity contribution < 1.29 is 4.79 Å². The van der Waals surface area contributed by atoms with Crippen molar-refractivity contribution in [3.8, 4) is 0 Å². The number of likely N-dealkylation sites (N-methyl/N-ethyl adjacent to an activating group) is 1. The number of allylic oxidation sites excluding steroid dienone is 1. The van der Waals surface area contributed by atoms with Gasteiger partial charge in [0.2, 0.25) is 0 Å². The lowest BCUT2D eigenvalue weighted by Crippen LogP contribution is -2.27. The lowest BCUT2D eigenvalue weighted by Gasteiger charge is -2.17. The largest absolute Gasteiger partial charge is 0.335 e. The van der Waals surface area contributed by atoms with Crippen molar-refractivity contribution in [1.82, 2.24) is 9.88 Å². The molecule has 92 valence electrons. The first-order valence-corrected chi connectivity index (χ1v) is 6.62. The summed E-state index contributed by atoms with van der Waals surface area (Å²) in [6.07, 6.45) is 3.61. The van der Waals surface area contributed by atoms with Crippen LogP contribution >= 0.6 is 11.8 Å². The molecule has 1 heterocycles. The van der Waals surface area contributed by atoms with Crippen molar-refractivity contribution in [2.75, 3.05) is 12.8 Å². The summed E-state index contributed by atoms with van der Waals surface area (Å²) in [5.41, 5.74) is 0.903. The molecule has 0 aliphatic heterocycles. The molecule has 0 spiro atoms. The molecule has 0 saturated heterocycles. The van der Waals surface area contributed by atoms with E-state index in [1.807, 2.05) is 38.1 Å². The van der Waals surface area contributed by atoms with Crippen molar-refractivity contribution in [2.24, 2.45) is 0 Å². The minimum absolute atomic E-state index is 0.0602. The van der Waals surface area contributed by atoms with Crippen LogP contribution in [-0.4, -0.2) is 28.6 Å². The molecule has 17 heavy (non-hydrogen) atoms. The van der Waals surface area contributed by atoms with Crippen LogP contribution in [0, 0.1) is 0 Å². The molecule has 4 heteroatoms. The normalized spacial score (nSPS) is 11.4. The number of carbonyl (C=O) groups excluding carboxylic acids is 1. The smallest absolute Gasteiger partial charge is 0.260 e. The molecule has 0 saturated carbocycles. The maximum Gasteiger partial charge on any atom is 0.260 e. The van der Waals surface area contributed by atoms with Crippen LogP contribution in [0.25, 0.3) is 0 Å². The van der Waals surface area contributed by atoms with Crippen molar-refractivity contribution in [3.63, 3.8) is 0 Å². The van der Waals surface area contributed by atoms with Gasteiger partial charge in [-0.3, -0.25) is 9.78 Å². The van der Waals surface area contributed by atoms with E-state index in [0.717, 1.165) is 16.4 Å². The second-order valence-electron chi connectivity index (χ2n) is 3.57. The summed E-state index contributed by atoms with van der Waals surface area (Å²) in [6, 6.07) is 5.72. The fraction of sp³-hybridized carbons (Fsp3) is 0.385. The first-order valence-electron chi connectivity index (χ1n) is 5.63. The highest BCUT2D eigenvalue weighted by molar-refractivity contribution is 8.03. The third-order valence-corrected chi connectivity index (χ3v) is 3.25. The summed E-state index contributed by atoms with van der Waals surface area (Å²) in [4.78, 5) is 18.8. The molecule has 0 aliphatic rings. The van der Waals surface area contributed by atoms with Crippen LogP contribution in [0.5, 0.6) is 0 Å². The van der Waals surface area contributed by atoms with E-state index in [9.17, 15) is 4.79 Å². The number of aromatic nitrogens is 1. The van der Waals surface area contributed by atoms with Crippen molar-refractivity contribution in [3.05, 3.63) is 41.1 Å². The number of hydrogen-bond acceptors (Lipinski definition) is 3. The van der Waals surface area contributed by atoms with Gasteiger partial charge in [0.05, 0.1) is 17.1 Å². The Morgan fingerprint density at radius 2 is 2.29 bits per heavy atom. The van der Waals surface area contributed by atoms with E-state index in [2.05, 4.69) is 4.98 Å². The van der Waals surface area contributed by atoms with Gasteiger partial charge in [0.25, 0.3) is 5.91 Å². The quantitative estimate of drug-likeness (QED) is 0.753. The Kier molecular flexibility index (Phi) is 5.77. The van der Waals surface area contributed by atoms with E-state index in [0.29, 0.717) is 6.54 Å². The minimum Gasteiger partial charge on any atom is -0.335 e. The molecule has 1 amide bonds. The van der Waals surface area contributed by atoms with Crippen LogP contribution in [0.3, 0.4) is 0 Å². The Bertz CT molecular complexity index is 390. The Labute approximate surface area is 107 Å². The lowest BCUT2D eigenvalue weighted by molar-refractivity contribution is -0.125. The van der Waals surface area contributed by atoms with E-state index in [1.165, 1.54) is 0 Å². The molecular formula is C13H18N2OS. The minimum atomic E-state index is 0.0602. The van der Waals surface area contributed by atoms with E-state index in [4.69, 9.17) is 0 Å². The van der Waals surface area contributed by atoms with E-state index >= 15 is 0 Å². The van der Waals surface area contributed by atoms with Crippen LogP contribution in [-0.2, 0) is 11.3 Å². The van der Waals surface area contributed by atoms with Gasteiger partial charge in [0.1, 0.15) is 0 Å². The van der Waals surface area contributed by atoms with Gasteiger partial charge in [0.15, 0.2) is 0 Å². The van der Waals surface area contributed by atoms with Crippen molar-refractivity contribution in [2.45, 2.75) is 20.4 Å². The fourth-order valence-corrected chi connectivity index (χ4v) is 2.18. The van der Waals surface area contributed by atoms with Gasteiger partial charge in [-0.2, -0.15) is 0 Å². The number of hydrogen-bond donors (Lipinski definition) is 0. The number of pyridine rings is 1. The topological polar surface area (TPSA) is 33.2 Å². The zero-order chi connectivity index (χ0) is 12.7. The predicted octanol–water partition coefficient (Wildman–Crippen LogP) is 2.70. The maximum atomic E-state index is 12.1. The molecule has 0 aliphatic carbocycles. The molecule has 0 unspecified atom stereocenters. The second kappa shape index (κ2) is 7.12. The molecule has 1 rings (SSSR count). The number of amides is 1. The zero-order valence-electron chi connectivity index (χ0n) is 10.5. The summed E-state index contributed by atoms with van der Waals surface area (Å²) in [5.74, 6) is 0.966. The standard InChI is InChI=1S/C13H18N2OS/c1-4-12(17-5-2)13(16)15(3)10-11-8-6-7-9-14-11/h4,6-9H,5,10H2,1-3H3/b12-4-. The summed E-state index contributed by atoms with van der Waals surface area (Å²) >= 11 is 1.57. The van der Waals surface area contributed by atoms with Gasteiger partial charge >= 0.3 is 0 Å². The molecule has 0 radical (unpaired) electrons. The number of nitrogens with zero attached hydrogens (tertiary/aromatic N) is 2. The van der Waals surface area contributed by atoms with Crippen LogP contribution in [0.15, 0.2) is 35.4 Å². The third-order valence-electron chi connectivity index (χ3n) is 2.24. The highest BCUT2D eigenvalue weighted by Crippen LogP contribution is 2.17. The van der Waals surface area contributed by atoms with Gasteiger partial charge in [-0.05, 0) is 24.8 Å². The molecule has 3 nitrogen and oxygen atoms in total. The SMILES string of the molecule is C/C=C(\SCC)C(=O)N(C)Cc1ccccn1. The van der Waals surface area contributed by atoms with Crippen molar-refractivity contribution >= 4 is 17.7 Å². The summed E-state index contributed by atoms with van der Waals surface area (Å²) < 4.78 is 0. The predicted molar refractivity (Wildman–Crippen MR) is 72.6 cm³/mol. The first-order chi connectivity index (χ1) is 8.19. The van der Waals surface area contributed by atoms with Crippen LogP contribution in [0.4, 0.5) is 0 Å². The summed E-state index contributed by atoms with van der Waals surface area (Å²) in [6.45, 7) is 4.48. The summed E-state index contributed by atoms with van der Waals surface area (Å²) in [5, 5.41) is 0. The van der Waals surface area contributed by atoms with Gasteiger partial charge in [-0.25, -0.2) is 0 Å². The first kappa shape index (κ1) is 13.8. The van der Waals surface area contributed by atoms with E-state index in [-0.39, 0.29) is 5.91 Å². The monoisotopic (exact) mass is 250 g/mol. The van der Waals surface area contributed by atoms with E-state index in [1.54, 1.807) is 29.9 Å². The molecule has 0 atom stereocenters. The van der Waals surface area contributed by atoms with E-state index < -0.39 is 0 Å². The number of rotatable bonds is 5. The highest BCUT2D eigenvalue weighted by atomic mass is 32.2. The molecule has 1 aromatic rings. The Morgan fingerprint density at radius 1 is 1.53 bits per heavy atom.